The summed E-state index contributed by atoms with van der Waals surface area (Å²) in [5.41, 5.74) is 3.92. The Morgan fingerprint density at radius 3 is 2.12 bits per heavy atom. The second kappa shape index (κ2) is 8.72. The molecule has 1 aliphatic heterocycles. The monoisotopic (exact) mass is 356 g/mol. The van der Waals surface area contributed by atoms with E-state index in [-0.39, 0.29) is 18.1 Å². The van der Waals surface area contributed by atoms with Crippen molar-refractivity contribution in [1.29, 1.82) is 0 Å². The van der Waals surface area contributed by atoms with Crippen molar-refractivity contribution >= 4 is 5.97 Å². The van der Waals surface area contributed by atoms with E-state index in [1.54, 1.807) is 0 Å². The molecule has 0 saturated carbocycles. The fourth-order valence-electron chi connectivity index (χ4n) is 3.12. The van der Waals surface area contributed by atoms with E-state index in [9.17, 15) is 4.79 Å². The van der Waals surface area contributed by atoms with Crippen LogP contribution in [0.3, 0.4) is 0 Å². The summed E-state index contributed by atoms with van der Waals surface area (Å²) in [6.45, 7) is 1.85. The van der Waals surface area contributed by atoms with Crippen molar-refractivity contribution in [3.63, 3.8) is 0 Å². The number of hydrogen-bond donors (Lipinski definition) is 1. The third kappa shape index (κ3) is 4.76. The number of cyclic esters (lactones) is 1. The van der Waals surface area contributed by atoms with E-state index >= 15 is 0 Å². The maximum atomic E-state index is 12.2. The van der Waals surface area contributed by atoms with Gasteiger partial charge in [-0.1, -0.05) is 36.4 Å². The van der Waals surface area contributed by atoms with Crippen molar-refractivity contribution in [2.24, 2.45) is 0 Å². The number of quaternary nitrogens is 1. The van der Waals surface area contributed by atoms with E-state index < -0.39 is 12.2 Å². The predicted octanol–water partition coefficient (Wildman–Crippen LogP) is 2.61. The van der Waals surface area contributed by atoms with Crippen LogP contribution in [0.2, 0.25) is 0 Å². The summed E-state index contributed by atoms with van der Waals surface area (Å²) >= 11 is 0. The Morgan fingerprint density at radius 2 is 1.50 bits per heavy atom. The fraction of sp³-hybridized carbons (Fsp3) is 0.381. The summed E-state index contributed by atoms with van der Waals surface area (Å²) in [6.07, 6.45) is 1.18. The molecule has 1 fully saturated rings. The van der Waals surface area contributed by atoms with Gasteiger partial charge in [0.25, 0.3) is 0 Å². The van der Waals surface area contributed by atoms with E-state index in [1.165, 1.54) is 0 Å². The van der Waals surface area contributed by atoms with Gasteiger partial charge in [0.2, 0.25) is 0 Å². The quantitative estimate of drug-likeness (QED) is 0.855. The van der Waals surface area contributed by atoms with Crippen molar-refractivity contribution < 1.29 is 24.7 Å². The molecule has 5 nitrogen and oxygen atoms in total. The van der Waals surface area contributed by atoms with Gasteiger partial charge in [0.15, 0.2) is 12.1 Å². The minimum absolute atomic E-state index is 0.231. The van der Waals surface area contributed by atoms with Gasteiger partial charge in [-0.25, -0.2) is 4.79 Å². The van der Waals surface area contributed by atoms with Crippen LogP contribution in [0.15, 0.2) is 60.7 Å². The topological polar surface area (TPSA) is 72.4 Å². The minimum Gasteiger partial charge on any atom is -0.486 e. The van der Waals surface area contributed by atoms with Gasteiger partial charge in [-0.05, 0) is 44.0 Å². The minimum atomic E-state index is -0.446. The second-order valence-corrected chi connectivity index (χ2v) is 6.63. The average Bonchev–Trinajstić information content (AvgIpc) is 2.70. The van der Waals surface area contributed by atoms with Crippen LogP contribution in [0.1, 0.15) is 26.2 Å². The Hall–Kier alpha value is -2.53. The average molecular weight is 356 g/mol. The number of carbonyl (C=O) groups is 1. The van der Waals surface area contributed by atoms with Gasteiger partial charge in [-0.15, -0.1) is 0 Å². The summed E-state index contributed by atoms with van der Waals surface area (Å²) in [5.74, 6) is 1.23. The smallest absolute Gasteiger partial charge is 0.365 e. The van der Waals surface area contributed by atoms with E-state index in [0.717, 1.165) is 24.3 Å². The van der Waals surface area contributed by atoms with Gasteiger partial charge in [0.05, 0.1) is 0 Å². The van der Waals surface area contributed by atoms with Crippen LogP contribution in [0.5, 0.6) is 11.5 Å². The predicted molar refractivity (Wildman–Crippen MR) is 97.8 cm³/mol. The summed E-state index contributed by atoms with van der Waals surface area (Å²) < 4.78 is 18.1. The van der Waals surface area contributed by atoms with Gasteiger partial charge in [0.1, 0.15) is 23.7 Å². The number of carbonyl (C=O) groups excluding carboxylic acids is 1. The molecule has 138 valence electrons. The molecule has 0 amide bonds. The fourth-order valence-corrected chi connectivity index (χ4v) is 3.12. The van der Waals surface area contributed by atoms with E-state index in [1.807, 2.05) is 67.6 Å². The Balaban J connectivity index is 1.85. The highest BCUT2D eigenvalue weighted by atomic mass is 16.6. The molecule has 1 saturated heterocycles. The molecule has 5 heteroatoms. The Bertz CT molecular complexity index is 692. The summed E-state index contributed by atoms with van der Waals surface area (Å²) in [6, 6.07) is 18.9. The van der Waals surface area contributed by atoms with Crippen LogP contribution in [0.25, 0.3) is 0 Å². The molecule has 3 rings (SSSR count). The number of benzene rings is 2. The molecule has 0 unspecified atom stereocenters. The lowest BCUT2D eigenvalue weighted by Crippen LogP contribution is -2.65. The lowest BCUT2D eigenvalue weighted by molar-refractivity contribution is -0.410. The molecule has 0 spiro atoms. The maximum Gasteiger partial charge on any atom is 0.365 e. The zero-order chi connectivity index (χ0) is 18.4. The van der Waals surface area contributed by atoms with Gasteiger partial charge in [-0.2, -0.15) is 0 Å². The number of para-hydroxylation sites is 2. The molecule has 2 aromatic carbocycles. The number of esters is 1. The van der Waals surface area contributed by atoms with Crippen molar-refractivity contribution in [2.75, 3.05) is 0 Å². The molecular weight excluding hydrogens is 330 g/mol. The molecule has 26 heavy (non-hydrogen) atoms. The summed E-state index contributed by atoms with van der Waals surface area (Å²) in [4.78, 5) is 12.2. The first-order chi connectivity index (χ1) is 12.6. The third-order valence-electron chi connectivity index (χ3n) is 4.55. The van der Waals surface area contributed by atoms with Crippen LogP contribution in [0.4, 0.5) is 0 Å². The zero-order valence-electron chi connectivity index (χ0n) is 15.0. The molecule has 0 radical (unpaired) electrons. The Labute approximate surface area is 154 Å². The number of rotatable bonds is 4. The normalized spacial score (nSPS) is 26.8. The van der Waals surface area contributed by atoms with Crippen LogP contribution < -0.4 is 15.2 Å². The Morgan fingerprint density at radius 1 is 0.923 bits per heavy atom. The van der Waals surface area contributed by atoms with Gasteiger partial charge in [0, 0.05) is 6.42 Å². The van der Waals surface area contributed by atoms with Gasteiger partial charge >= 0.3 is 5.97 Å². The number of ether oxygens (including phenoxy) is 3. The van der Waals surface area contributed by atoms with E-state index in [2.05, 4.69) is 5.73 Å². The molecule has 3 N–H and O–H groups in total. The lowest BCUT2D eigenvalue weighted by atomic mass is 10.0. The SMILES string of the molecule is C[C@@H]1OC(=O)[C@@H]([NH3+])CCC[C@H](Oc2ccccc2)[C@H]1Oc1ccccc1. The highest BCUT2D eigenvalue weighted by Crippen LogP contribution is 2.25. The molecule has 0 aliphatic carbocycles. The highest BCUT2D eigenvalue weighted by Gasteiger charge is 2.36. The Kier molecular flexibility index (Phi) is 6.12. The van der Waals surface area contributed by atoms with Crippen LogP contribution in [0, 0.1) is 0 Å². The first-order valence-electron chi connectivity index (χ1n) is 9.10. The summed E-state index contributed by atoms with van der Waals surface area (Å²) in [7, 11) is 0. The highest BCUT2D eigenvalue weighted by molar-refractivity contribution is 5.74. The summed E-state index contributed by atoms with van der Waals surface area (Å²) in [5, 5.41) is 0. The zero-order valence-corrected chi connectivity index (χ0v) is 15.0. The molecule has 0 bridgehead atoms. The number of hydrogen-bond acceptors (Lipinski definition) is 4. The van der Waals surface area contributed by atoms with E-state index in [0.29, 0.717) is 6.42 Å². The van der Waals surface area contributed by atoms with Crippen LogP contribution >= 0.6 is 0 Å². The largest absolute Gasteiger partial charge is 0.486 e. The van der Waals surface area contributed by atoms with Gasteiger partial charge < -0.3 is 19.9 Å². The first kappa shape index (κ1) is 18.3. The van der Waals surface area contributed by atoms with Crippen molar-refractivity contribution in [3.05, 3.63) is 60.7 Å². The van der Waals surface area contributed by atoms with Crippen molar-refractivity contribution in [2.45, 2.75) is 50.5 Å². The first-order valence-corrected chi connectivity index (χ1v) is 9.10. The van der Waals surface area contributed by atoms with Crippen molar-refractivity contribution in [3.8, 4) is 11.5 Å². The van der Waals surface area contributed by atoms with E-state index in [4.69, 9.17) is 14.2 Å². The van der Waals surface area contributed by atoms with Gasteiger partial charge in [-0.3, -0.25) is 0 Å². The molecule has 2 aromatic rings. The van der Waals surface area contributed by atoms with Crippen LogP contribution in [-0.4, -0.2) is 30.3 Å². The molecule has 1 heterocycles. The molecule has 0 aromatic heterocycles. The van der Waals surface area contributed by atoms with Crippen LogP contribution in [-0.2, 0) is 9.53 Å². The molecular formula is C21H26NO4+. The third-order valence-corrected chi connectivity index (χ3v) is 4.55. The molecule has 1 aliphatic rings. The standard InChI is InChI=1S/C21H25NO4/c1-15-20(26-17-11-6-3-7-12-17)19(25-16-9-4-2-5-10-16)14-8-13-18(22)21(23)24-15/h2-7,9-12,15,18-20H,8,13-14,22H2,1H3/p+1/t15-,18-,19-,20-/m0/s1. The van der Waals surface area contributed by atoms with Crippen molar-refractivity contribution in [1.82, 2.24) is 0 Å². The second-order valence-electron chi connectivity index (χ2n) is 6.63. The maximum absolute atomic E-state index is 12.2. The lowest BCUT2D eigenvalue weighted by Gasteiger charge is -2.31. The molecule has 4 atom stereocenters.